The van der Waals surface area contributed by atoms with Gasteiger partial charge in [0.25, 0.3) is 0 Å². The minimum absolute atomic E-state index is 0.397. The van der Waals surface area contributed by atoms with E-state index in [0.717, 1.165) is 43.9 Å². The molecule has 1 saturated heterocycles. The fourth-order valence-corrected chi connectivity index (χ4v) is 4.07. The summed E-state index contributed by atoms with van der Waals surface area (Å²) in [4.78, 5) is 6.83. The largest absolute Gasteiger partial charge is 0.370 e. The molecule has 1 atom stereocenters. The van der Waals surface area contributed by atoms with Crippen LogP contribution in [0.15, 0.2) is 33.7 Å². The van der Waals surface area contributed by atoms with E-state index in [4.69, 9.17) is 4.52 Å². The first-order valence-corrected chi connectivity index (χ1v) is 9.66. The van der Waals surface area contributed by atoms with Gasteiger partial charge in [-0.2, -0.15) is 4.98 Å². The molecule has 1 aliphatic heterocycles. The molecule has 0 bridgehead atoms. The molecule has 1 aliphatic rings. The van der Waals surface area contributed by atoms with Crippen LogP contribution >= 0.6 is 0 Å². The molecule has 0 aliphatic carbocycles. The first-order valence-electron chi connectivity index (χ1n) is 7.76. The van der Waals surface area contributed by atoms with Crippen LogP contribution in [0.2, 0.25) is 0 Å². The molecule has 0 N–H and O–H groups in total. The van der Waals surface area contributed by atoms with Crippen LogP contribution in [-0.2, 0) is 16.3 Å². The Morgan fingerprint density at radius 3 is 2.83 bits per heavy atom. The maximum Gasteiger partial charge on any atom is 0.223 e. The molecule has 1 unspecified atom stereocenters. The van der Waals surface area contributed by atoms with Crippen molar-refractivity contribution >= 4 is 15.5 Å². The summed E-state index contributed by atoms with van der Waals surface area (Å²) in [5.74, 6) is 1.70. The maximum absolute atomic E-state index is 12.0. The third kappa shape index (κ3) is 3.72. The number of piperidine rings is 1. The molecule has 1 aromatic heterocycles. The van der Waals surface area contributed by atoms with E-state index in [2.05, 4.69) is 15.0 Å². The van der Waals surface area contributed by atoms with Gasteiger partial charge in [-0.15, -0.1) is 0 Å². The van der Waals surface area contributed by atoms with E-state index in [1.165, 1.54) is 6.26 Å². The second-order valence-electron chi connectivity index (χ2n) is 6.13. The monoisotopic (exact) mass is 335 g/mol. The van der Waals surface area contributed by atoms with Crippen molar-refractivity contribution in [3.8, 4) is 0 Å². The smallest absolute Gasteiger partial charge is 0.223 e. The van der Waals surface area contributed by atoms with Crippen molar-refractivity contribution in [1.82, 2.24) is 10.1 Å². The van der Waals surface area contributed by atoms with E-state index < -0.39 is 9.84 Å². The summed E-state index contributed by atoms with van der Waals surface area (Å²) in [5, 5.41) is 3.96. The van der Waals surface area contributed by atoms with E-state index in [-0.39, 0.29) is 0 Å². The van der Waals surface area contributed by atoms with E-state index in [1.54, 1.807) is 19.1 Å². The van der Waals surface area contributed by atoms with Crippen LogP contribution in [0.25, 0.3) is 0 Å². The first-order chi connectivity index (χ1) is 10.9. The van der Waals surface area contributed by atoms with Gasteiger partial charge >= 0.3 is 0 Å². The average Bonchev–Trinajstić information content (AvgIpc) is 2.92. The summed E-state index contributed by atoms with van der Waals surface area (Å²) < 4.78 is 29.1. The predicted octanol–water partition coefficient (Wildman–Crippen LogP) is 2.24. The van der Waals surface area contributed by atoms with Crippen LogP contribution in [0, 0.1) is 12.8 Å². The number of aromatic nitrogens is 2. The van der Waals surface area contributed by atoms with E-state index in [0.29, 0.717) is 16.7 Å². The normalized spacial score (nSPS) is 19.0. The molecule has 1 fully saturated rings. The molecule has 23 heavy (non-hydrogen) atoms. The number of anilines is 1. The molecular formula is C16H21N3O3S. The van der Waals surface area contributed by atoms with Crippen LogP contribution in [0.5, 0.6) is 0 Å². The molecule has 7 heteroatoms. The lowest BCUT2D eigenvalue weighted by molar-refractivity contribution is 0.369. The SMILES string of the molecule is Cc1nc(CC2CCCN(c3ccccc3S(C)(=O)=O)C2)no1. The highest BCUT2D eigenvalue weighted by Crippen LogP contribution is 2.30. The van der Waals surface area contributed by atoms with E-state index in [9.17, 15) is 8.42 Å². The molecule has 0 amide bonds. The zero-order valence-electron chi connectivity index (χ0n) is 13.4. The zero-order valence-corrected chi connectivity index (χ0v) is 14.2. The van der Waals surface area contributed by atoms with Crippen LogP contribution in [0.3, 0.4) is 0 Å². The predicted molar refractivity (Wildman–Crippen MR) is 87.2 cm³/mol. The number of hydrogen-bond acceptors (Lipinski definition) is 6. The molecule has 3 rings (SSSR count). The Balaban J connectivity index is 1.79. The van der Waals surface area contributed by atoms with Crippen molar-refractivity contribution in [3.63, 3.8) is 0 Å². The van der Waals surface area contributed by atoms with Crippen molar-refractivity contribution in [2.24, 2.45) is 5.92 Å². The van der Waals surface area contributed by atoms with Gasteiger partial charge in [0, 0.05) is 32.7 Å². The number of benzene rings is 1. The molecule has 0 spiro atoms. The highest BCUT2D eigenvalue weighted by Gasteiger charge is 2.25. The molecule has 0 radical (unpaired) electrons. The van der Waals surface area contributed by atoms with E-state index >= 15 is 0 Å². The van der Waals surface area contributed by atoms with Gasteiger partial charge in [0.05, 0.1) is 10.6 Å². The lowest BCUT2D eigenvalue weighted by Gasteiger charge is -2.35. The van der Waals surface area contributed by atoms with Crippen LogP contribution in [-0.4, -0.2) is 37.9 Å². The highest BCUT2D eigenvalue weighted by molar-refractivity contribution is 7.90. The summed E-state index contributed by atoms with van der Waals surface area (Å²) in [6.45, 7) is 3.46. The van der Waals surface area contributed by atoms with Gasteiger partial charge in [-0.05, 0) is 30.9 Å². The Kier molecular flexibility index (Phi) is 4.39. The molecule has 0 saturated carbocycles. The molecule has 2 heterocycles. The van der Waals surface area contributed by atoms with Crippen molar-refractivity contribution < 1.29 is 12.9 Å². The number of hydrogen-bond donors (Lipinski definition) is 0. The number of nitrogens with zero attached hydrogens (tertiary/aromatic N) is 3. The minimum Gasteiger partial charge on any atom is -0.370 e. The quantitative estimate of drug-likeness (QED) is 0.853. The second-order valence-corrected chi connectivity index (χ2v) is 8.11. The maximum atomic E-state index is 12.0. The van der Waals surface area contributed by atoms with E-state index in [1.807, 2.05) is 12.1 Å². The van der Waals surface area contributed by atoms with Gasteiger partial charge in [0.1, 0.15) is 0 Å². The summed E-state index contributed by atoms with van der Waals surface area (Å²) in [6, 6.07) is 7.22. The van der Waals surface area contributed by atoms with Crippen molar-refractivity contribution in [2.45, 2.75) is 31.1 Å². The van der Waals surface area contributed by atoms with Crippen molar-refractivity contribution in [2.75, 3.05) is 24.2 Å². The molecule has 1 aromatic carbocycles. The third-order valence-electron chi connectivity index (χ3n) is 4.17. The van der Waals surface area contributed by atoms with Crippen LogP contribution in [0.4, 0.5) is 5.69 Å². The second kappa shape index (κ2) is 6.31. The summed E-state index contributed by atoms with van der Waals surface area (Å²) in [5.41, 5.74) is 0.795. The Labute approximate surface area is 136 Å². The average molecular weight is 335 g/mol. The van der Waals surface area contributed by atoms with Gasteiger partial charge in [-0.1, -0.05) is 17.3 Å². The lowest BCUT2D eigenvalue weighted by Crippen LogP contribution is -2.37. The highest BCUT2D eigenvalue weighted by atomic mass is 32.2. The number of para-hydroxylation sites is 1. The van der Waals surface area contributed by atoms with Crippen LogP contribution in [0.1, 0.15) is 24.6 Å². The molecule has 6 nitrogen and oxygen atoms in total. The molecular weight excluding hydrogens is 314 g/mol. The lowest BCUT2D eigenvalue weighted by atomic mass is 9.94. The summed E-state index contributed by atoms with van der Waals surface area (Å²) in [7, 11) is -3.24. The van der Waals surface area contributed by atoms with Gasteiger partial charge in [0.15, 0.2) is 15.7 Å². The molecule has 124 valence electrons. The first kappa shape index (κ1) is 16.0. The number of aryl methyl sites for hydroxylation is 1. The van der Waals surface area contributed by atoms with Gasteiger partial charge < -0.3 is 9.42 Å². The topological polar surface area (TPSA) is 76.3 Å². The summed E-state index contributed by atoms with van der Waals surface area (Å²) in [6.07, 6.45) is 4.13. The van der Waals surface area contributed by atoms with Gasteiger partial charge in [-0.3, -0.25) is 0 Å². The van der Waals surface area contributed by atoms with Gasteiger partial charge in [-0.25, -0.2) is 8.42 Å². The fourth-order valence-electron chi connectivity index (χ4n) is 3.16. The minimum atomic E-state index is -3.24. The van der Waals surface area contributed by atoms with Gasteiger partial charge in [0.2, 0.25) is 5.89 Å². The summed E-state index contributed by atoms with van der Waals surface area (Å²) >= 11 is 0. The Bertz CT molecular complexity index is 785. The third-order valence-corrected chi connectivity index (χ3v) is 5.31. The van der Waals surface area contributed by atoms with Crippen LogP contribution < -0.4 is 4.90 Å². The van der Waals surface area contributed by atoms with Crippen molar-refractivity contribution in [1.29, 1.82) is 0 Å². The van der Waals surface area contributed by atoms with Crippen molar-refractivity contribution in [3.05, 3.63) is 36.0 Å². The Morgan fingerprint density at radius 2 is 2.13 bits per heavy atom. The zero-order chi connectivity index (χ0) is 16.4. The Morgan fingerprint density at radius 1 is 1.35 bits per heavy atom. The fraction of sp³-hybridized carbons (Fsp3) is 0.500. The standard InChI is InChI=1S/C16H21N3O3S/c1-12-17-16(18-22-12)10-13-6-5-9-19(11-13)14-7-3-4-8-15(14)23(2,20)21/h3-4,7-8,13H,5-6,9-11H2,1-2H3. The number of rotatable bonds is 4. The molecule has 2 aromatic rings. The Hall–Kier alpha value is -1.89. The number of sulfone groups is 1.